The maximum atomic E-state index is 12.0. The highest BCUT2D eigenvalue weighted by molar-refractivity contribution is 5.69. The van der Waals surface area contributed by atoms with Crippen molar-refractivity contribution in [1.82, 2.24) is 9.55 Å². The van der Waals surface area contributed by atoms with Gasteiger partial charge in [0.25, 0.3) is 0 Å². The van der Waals surface area contributed by atoms with E-state index in [0.29, 0.717) is 31.6 Å². The Bertz CT molecular complexity index is 560. The Hall–Kier alpha value is -1.93. The van der Waals surface area contributed by atoms with Crippen LogP contribution in [0.5, 0.6) is 0 Å². The van der Waals surface area contributed by atoms with Crippen molar-refractivity contribution in [1.29, 1.82) is 0 Å². The number of hydrogen-bond donors (Lipinski definition) is 2. The van der Waals surface area contributed by atoms with Crippen LogP contribution in [0, 0.1) is 0 Å². The lowest BCUT2D eigenvalue weighted by molar-refractivity contribution is -0.140. The molecule has 0 saturated carbocycles. The highest BCUT2D eigenvalue weighted by Crippen LogP contribution is 2.26. The van der Waals surface area contributed by atoms with E-state index in [0.717, 1.165) is 6.42 Å². The molecular weight excluding hydrogens is 290 g/mol. The first-order chi connectivity index (χ1) is 10.6. The van der Waals surface area contributed by atoms with Crippen LogP contribution in [-0.4, -0.2) is 47.0 Å². The first kappa shape index (κ1) is 16.4. The monoisotopic (exact) mass is 311 g/mol. The maximum absolute atomic E-state index is 12.0. The van der Waals surface area contributed by atoms with Crippen molar-refractivity contribution in [3.05, 3.63) is 22.7 Å². The van der Waals surface area contributed by atoms with Crippen LogP contribution in [0.2, 0.25) is 0 Å². The molecule has 22 heavy (non-hydrogen) atoms. The fourth-order valence-corrected chi connectivity index (χ4v) is 2.31. The first-order valence-corrected chi connectivity index (χ1v) is 7.30. The Morgan fingerprint density at radius 1 is 1.59 bits per heavy atom. The second kappa shape index (κ2) is 7.90. The van der Waals surface area contributed by atoms with Crippen LogP contribution in [0.3, 0.4) is 0 Å². The molecule has 0 aliphatic carbocycles. The van der Waals surface area contributed by atoms with E-state index in [1.54, 1.807) is 12.3 Å². The van der Waals surface area contributed by atoms with Crippen molar-refractivity contribution < 1.29 is 19.4 Å². The molecule has 0 aromatic carbocycles. The van der Waals surface area contributed by atoms with Gasteiger partial charge in [-0.05, 0) is 25.3 Å². The van der Waals surface area contributed by atoms with Gasteiger partial charge in [0.1, 0.15) is 12.0 Å². The molecule has 2 rings (SSSR count). The topological polar surface area (TPSA) is 103 Å². The highest BCUT2D eigenvalue weighted by Gasteiger charge is 2.26. The molecule has 1 aliphatic rings. The zero-order valence-electron chi connectivity index (χ0n) is 12.5. The quantitative estimate of drug-likeness (QED) is 0.550. The molecule has 0 amide bonds. The highest BCUT2D eigenvalue weighted by atomic mass is 16.5. The van der Waals surface area contributed by atoms with Crippen LogP contribution in [0.15, 0.2) is 17.1 Å². The summed E-state index contributed by atoms with van der Waals surface area (Å²) in [6, 6.07) is 1.69. The Morgan fingerprint density at radius 3 is 3.05 bits per heavy atom. The molecule has 0 bridgehead atoms. The normalized spacial score (nSPS) is 20.8. The van der Waals surface area contributed by atoms with Crippen molar-refractivity contribution in [2.75, 3.05) is 25.6 Å². The lowest BCUT2D eigenvalue weighted by Gasteiger charge is -2.15. The molecule has 1 aromatic rings. The number of hydrogen-bond acceptors (Lipinski definition) is 7. The number of nitrogens with one attached hydrogen (secondary N) is 1. The van der Waals surface area contributed by atoms with Crippen LogP contribution in [-0.2, 0) is 14.3 Å². The lowest BCUT2D eigenvalue weighted by atomic mass is 10.2. The molecule has 0 spiro atoms. The molecule has 1 aromatic heterocycles. The van der Waals surface area contributed by atoms with Gasteiger partial charge < -0.3 is 19.9 Å². The lowest BCUT2D eigenvalue weighted by Crippen LogP contribution is -2.28. The van der Waals surface area contributed by atoms with Crippen molar-refractivity contribution in [3.63, 3.8) is 0 Å². The maximum Gasteiger partial charge on any atom is 0.351 e. The fraction of sp³-hybridized carbons (Fsp3) is 0.643. The molecule has 2 atom stereocenters. The molecule has 2 heterocycles. The Kier molecular flexibility index (Phi) is 5.91. The van der Waals surface area contributed by atoms with Crippen LogP contribution in [0.25, 0.3) is 0 Å². The molecule has 0 unspecified atom stereocenters. The van der Waals surface area contributed by atoms with E-state index in [4.69, 9.17) is 9.84 Å². The van der Waals surface area contributed by atoms with E-state index >= 15 is 0 Å². The second-order valence-corrected chi connectivity index (χ2v) is 5.08. The Balaban J connectivity index is 1.87. The molecule has 8 nitrogen and oxygen atoms in total. The summed E-state index contributed by atoms with van der Waals surface area (Å²) in [5.41, 5.74) is -0.401. The number of methoxy groups -OCH3 is 1. The summed E-state index contributed by atoms with van der Waals surface area (Å²) in [7, 11) is 1.35. The van der Waals surface area contributed by atoms with Crippen molar-refractivity contribution in [2.45, 2.75) is 38.0 Å². The van der Waals surface area contributed by atoms with Gasteiger partial charge >= 0.3 is 11.7 Å². The van der Waals surface area contributed by atoms with E-state index in [1.807, 2.05) is 0 Å². The van der Waals surface area contributed by atoms with Crippen molar-refractivity contribution in [3.8, 4) is 0 Å². The minimum atomic E-state index is -0.401. The van der Waals surface area contributed by atoms with Crippen molar-refractivity contribution in [2.24, 2.45) is 0 Å². The first-order valence-electron chi connectivity index (χ1n) is 7.30. The minimum absolute atomic E-state index is 0.0431. The van der Waals surface area contributed by atoms with Gasteiger partial charge in [0.15, 0.2) is 0 Å². The van der Waals surface area contributed by atoms with Gasteiger partial charge in [0.05, 0.1) is 19.8 Å². The number of carbonyl (C=O) groups is 1. The van der Waals surface area contributed by atoms with Crippen LogP contribution in [0.4, 0.5) is 5.82 Å². The molecule has 8 heteroatoms. The van der Waals surface area contributed by atoms with Crippen LogP contribution in [0.1, 0.15) is 31.9 Å². The smallest absolute Gasteiger partial charge is 0.351 e. The van der Waals surface area contributed by atoms with Crippen LogP contribution >= 0.6 is 0 Å². The summed E-state index contributed by atoms with van der Waals surface area (Å²) >= 11 is 0. The summed E-state index contributed by atoms with van der Waals surface area (Å²) in [5, 5.41) is 12.0. The van der Waals surface area contributed by atoms with Gasteiger partial charge in [-0.3, -0.25) is 9.36 Å². The third-order valence-electron chi connectivity index (χ3n) is 3.52. The summed E-state index contributed by atoms with van der Waals surface area (Å²) in [6.07, 6.45) is 3.36. The molecule has 0 radical (unpaired) electrons. The zero-order chi connectivity index (χ0) is 15.9. The van der Waals surface area contributed by atoms with Crippen molar-refractivity contribution >= 4 is 11.8 Å². The minimum Gasteiger partial charge on any atom is -0.469 e. The van der Waals surface area contributed by atoms with Gasteiger partial charge in [0.2, 0.25) is 0 Å². The number of carbonyl (C=O) groups excluding carboxylic acids is 1. The molecule has 122 valence electrons. The Labute approximate surface area is 128 Å². The molecule has 1 aliphatic heterocycles. The van der Waals surface area contributed by atoms with Crippen LogP contribution < -0.4 is 11.0 Å². The third kappa shape index (κ3) is 4.28. The second-order valence-electron chi connectivity index (χ2n) is 5.08. The number of aliphatic hydroxyl groups excluding tert-OH is 1. The largest absolute Gasteiger partial charge is 0.469 e. The predicted molar refractivity (Wildman–Crippen MR) is 78.5 cm³/mol. The number of rotatable bonds is 7. The number of anilines is 1. The van der Waals surface area contributed by atoms with E-state index in [2.05, 4.69) is 15.0 Å². The third-order valence-corrected chi connectivity index (χ3v) is 3.52. The average molecular weight is 311 g/mol. The van der Waals surface area contributed by atoms with Gasteiger partial charge in [-0.25, -0.2) is 4.79 Å². The van der Waals surface area contributed by atoms with Gasteiger partial charge in [-0.1, -0.05) is 0 Å². The van der Waals surface area contributed by atoms with E-state index < -0.39 is 5.69 Å². The summed E-state index contributed by atoms with van der Waals surface area (Å²) in [6.45, 7) is 0.483. The molecule has 2 N–H and O–H groups in total. The number of aliphatic hydroxyl groups is 1. The van der Waals surface area contributed by atoms with Gasteiger partial charge in [0, 0.05) is 19.2 Å². The fourth-order valence-electron chi connectivity index (χ4n) is 2.31. The molecule has 1 saturated heterocycles. The summed E-state index contributed by atoms with van der Waals surface area (Å²) in [5.74, 6) is 0.199. The van der Waals surface area contributed by atoms with E-state index in [-0.39, 0.29) is 24.9 Å². The zero-order valence-corrected chi connectivity index (χ0v) is 12.5. The number of aromatic nitrogens is 2. The molecule has 1 fully saturated rings. The average Bonchev–Trinajstić information content (AvgIpc) is 3.00. The van der Waals surface area contributed by atoms with Gasteiger partial charge in [-0.2, -0.15) is 4.98 Å². The summed E-state index contributed by atoms with van der Waals surface area (Å²) in [4.78, 5) is 26.9. The van der Waals surface area contributed by atoms with E-state index in [9.17, 15) is 9.59 Å². The number of esters is 1. The number of nitrogens with zero attached hydrogens (tertiary/aromatic N) is 2. The predicted octanol–water partition coefficient (Wildman–Crippen LogP) is 0.278. The van der Waals surface area contributed by atoms with Gasteiger partial charge in [-0.15, -0.1) is 0 Å². The summed E-state index contributed by atoms with van der Waals surface area (Å²) < 4.78 is 11.5. The standard InChI is InChI=1S/C14H21N3O5/c1-21-13(19)3-2-7-15-11-6-8-17(14(20)16-11)12-5-4-10(9-18)22-12/h6,8,10,12,18H,2-5,7,9H2,1H3,(H,15,16,20)/t10-,12+/m0/s1. The Morgan fingerprint density at radius 2 is 2.41 bits per heavy atom. The molecular formula is C14H21N3O5. The number of ether oxygens (including phenoxy) is 2. The SMILES string of the molecule is COC(=O)CCCNc1ccn([C@H]2CC[C@@H](CO)O2)c(=O)n1. The van der Waals surface area contributed by atoms with E-state index in [1.165, 1.54) is 11.7 Å².